The molecule has 2 heterocycles. The number of carbonyl (C=O) groups is 1. The van der Waals surface area contributed by atoms with E-state index in [1.54, 1.807) is 7.11 Å². The number of fused-ring (bicyclic) bond motifs is 1. The second kappa shape index (κ2) is 8.97. The molecule has 154 valence electrons. The number of ether oxygens (including phenoxy) is 2. The lowest BCUT2D eigenvalue weighted by atomic mass is 9.89. The van der Waals surface area contributed by atoms with Crippen LogP contribution in [0.1, 0.15) is 24.1 Å². The molecule has 29 heavy (non-hydrogen) atoms. The minimum Gasteiger partial charge on any atom is -0.496 e. The normalized spacial score (nSPS) is 23.9. The fourth-order valence-electron chi connectivity index (χ4n) is 4.95. The van der Waals surface area contributed by atoms with Gasteiger partial charge < -0.3 is 14.4 Å². The molecule has 2 saturated heterocycles. The average molecular weight is 395 g/mol. The van der Waals surface area contributed by atoms with Crippen LogP contribution >= 0.6 is 0 Å². The summed E-state index contributed by atoms with van der Waals surface area (Å²) in [6.45, 7) is 6.34. The van der Waals surface area contributed by atoms with Crippen molar-refractivity contribution in [2.75, 3.05) is 40.0 Å². The molecule has 4 rings (SSSR count). The number of hydrogen-bond acceptors (Lipinski definition) is 4. The van der Waals surface area contributed by atoms with E-state index in [1.807, 2.05) is 25.1 Å². The van der Waals surface area contributed by atoms with Crippen LogP contribution in [0, 0.1) is 11.8 Å². The highest BCUT2D eigenvalue weighted by molar-refractivity contribution is 5.78. The SMILES string of the molecule is CCOCC(=O)N1C[C@@H]2CN(Cc3ccccc3OC)C[C@@H]2[C@H]1c1ccccc1. The van der Waals surface area contributed by atoms with Crippen molar-refractivity contribution < 1.29 is 14.3 Å². The van der Waals surface area contributed by atoms with Crippen LogP contribution in [-0.2, 0) is 16.1 Å². The summed E-state index contributed by atoms with van der Waals surface area (Å²) in [6.07, 6.45) is 0. The van der Waals surface area contributed by atoms with E-state index in [4.69, 9.17) is 9.47 Å². The molecule has 0 N–H and O–H groups in total. The number of rotatable bonds is 7. The Morgan fingerprint density at radius 1 is 1.03 bits per heavy atom. The van der Waals surface area contributed by atoms with Crippen molar-refractivity contribution in [2.24, 2.45) is 11.8 Å². The van der Waals surface area contributed by atoms with Crippen molar-refractivity contribution in [2.45, 2.75) is 19.5 Å². The molecule has 3 atom stereocenters. The predicted octanol–water partition coefficient (Wildman–Crippen LogP) is 3.36. The van der Waals surface area contributed by atoms with Crippen LogP contribution in [0.5, 0.6) is 5.75 Å². The quantitative estimate of drug-likeness (QED) is 0.722. The van der Waals surface area contributed by atoms with E-state index in [0.29, 0.717) is 18.4 Å². The highest BCUT2D eigenvalue weighted by Gasteiger charge is 2.48. The summed E-state index contributed by atoms with van der Waals surface area (Å²) in [5.74, 6) is 1.97. The van der Waals surface area contributed by atoms with Crippen LogP contribution in [0.4, 0.5) is 0 Å². The molecule has 2 aromatic carbocycles. The van der Waals surface area contributed by atoms with Gasteiger partial charge in [-0.05, 0) is 24.5 Å². The lowest BCUT2D eigenvalue weighted by Crippen LogP contribution is -2.37. The highest BCUT2D eigenvalue weighted by Crippen LogP contribution is 2.45. The van der Waals surface area contributed by atoms with Gasteiger partial charge in [-0.1, -0.05) is 48.5 Å². The summed E-state index contributed by atoms with van der Waals surface area (Å²) >= 11 is 0. The molecule has 0 radical (unpaired) electrons. The Hall–Kier alpha value is -2.37. The molecule has 2 aliphatic rings. The molecule has 1 amide bonds. The van der Waals surface area contributed by atoms with Gasteiger partial charge in [-0.2, -0.15) is 0 Å². The molecule has 0 bridgehead atoms. The maximum Gasteiger partial charge on any atom is 0.249 e. The van der Waals surface area contributed by atoms with Gasteiger partial charge in [0.1, 0.15) is 12.4 Å². The Balaban J connectivity index is 1.52. The zero-order chi connectivity index (χ0) is 20.2. The second-order valence-corrected chi connectivity index (χ2v) is 7.97. The zero-order valence-electron chi connectivity index (χ0n) is 17.3. The average Bonchev–Trinajstić information content (AvgIpc) is 3.30. The van der Waals surface area contributed by atoms with Gasteiger partial charge >= 0.3 is 0 Å². The first-order valence-electron chi connectivity index (χ1n) is 10.5. The van der Waals surface area contributed by atoms with E-state index in [2.05, 4.69) is 46.2 Å². The van der Waals surface area contributed by atoms with E-state index in [-0.39, 0.29) is 18.6 Å². The Bertz CT molecular complexity index is 826. The summed E-state index contributed by atoms with van der Waals surface area (Å²) in [7, 11) is 1.73. The van der Waals surface area contributed by atoms with Crippen LogP contribution < -0.4 is 4.74 Å². The molecule has 0 unspecified atom stereocenters. The molecule has 0 spiro atoms. The number of nitrogens with zero attached hydrogens (tertiary/aromatic N) is 2. The van der Waals surface area contributed by atoms with E-state index in [1.165, 1.54) is 11.1 Å². The first-order chi connectivity index (χ1) is 14.2. The van der Waals surface area contributed by atoms with E-state index < -0.39 is 0 Å². The van der Waals surface area contributed by atoms with Gasteiger partial charge in [0.2, 0.25) is 5.91 Å². The minimum atomic E-state index is 0.103. The number of likely N-dealkylation sites (tertiary alicyclic amines) is 2. The fourth-order valence-corrected chi connectivity index (χ4v) is 4.95. The maximum absolute atomic E-state index is 12.8. The number of hydrogen-bond donors (Lipinski definition) is 0. The second-order valence-electron chi connectivity index (χ2n) is 7.97. The molecule has 5 nitrogen and oxygen atoms in total. The fraction of sp³-hybridized carbons (Fsp3) is 0.458. The lowest BCUT2D eigenvalue weighted by Gasteiger charge is -2.30. The molecule has 0 aliphatic carbocycles. The van der Waals surface area contributed by atoms with Crippen LogP contribution in [0.25, 0.3) is 0 Å². The molecule has 2 aliphatic heterocycles. The Labute approximate surface area is 173 Å². The summed E-state index contributed by atoms with van der Waals surface area (Å²) in [6, 6.07) is 18.8. The third kappa shape index (κ3) is 4.16. The topological polar surface area (TPSA) is 42.0 Å². The van der Waals surface area contributed by atoms with Crippen molar-refractivity contribution in [3.05, 3.63) is 65.7 Å². The molecular weight excluding hydrogens is 364 g/mol. The van der Waals surface area contributed by atoms with Crippen molar-refractivity contribution in [1.82, 2.24) is 9.80 Å². The Kier molecular flexibility index (Phi) is 6.16. The van der Waals surface area contributed by atoms with Crippen LogP contribution in [0.15, 0.2) is 54.6 Å². The monoisotopic (exact) mass is 394 g/mol. The minimum absolute atomic E-state index is 0.103. The maximum atomic E-state index is 12.8. The standard InChI is InChI=1S/C24H30N2O3/c1-3-29-17-23(27)26-15-20-14-25(13-19-11-7-8-12-22(19)28-2)16-21(20)24(26)18-9-5-4-6-10-18/h4-12,20-21,24H,3,13-17H2,1-2H3/t20-,21-,24+/m0/s1. The number of benzene rings is 2. The number of carbonyl (C=O) groups excluding carboxylic acids is 1. The summed E-state index contributed by atoms with van der Waals surface area (Å²) in [5.41, 5.74) is 2.44. The first kappa shape index (κ1) is 19.9. The van der Waals surface area contributed by atoms with Crippen LogP contribution in [0.2, 0.25) is 0 Å². The van der Waals surface area contributed by atoms with Crippen molar-refractivity contribution in [3.63, 3.8) is 0 Å². The van der Waals surface area contributed by atoms with Gasteiger partial charge in [0, 0.05) is 44.3 Å². The number of methoxy groups -OCH3 is 1. The van der Waals surface area contributed by atoms with E-state index in [9.17, 15) is 4.79 Å². The molecule has 0 aromatic heterocycles. The third-order valence-corrected chi connectivity index (χ3v) is 6.22. The number of para-hydroxylation sites is 1. The third-order valence-electron chi connectivity index (χ3n) is 6.22. The van der Waals surface area contributed by atoms with E-state index >= 15 is 0 Å². The van der Waals surface area contributed by atoms with Gasteiger partial charge in [0.25, 0.3) is 0 Å². The molecule has 2 aromatic rings. The van der Waals surface area contributed by atoms with Gasteiger partial charge in [-0.25, -0.2) is 0 Å². The first-order valence-corrected chi connectivity index (χ1v) is 10.5. The summed E-state index contributed by atoms with van der Waals surface area (Å²) in [4.78, 5) is 17.4. The van der Waals surface area contributed by atoms with Crippen LogP contribution in [-0.4, -0.2) is 55.7 Å². The predicted molar refractivity (Wildman–Crippen MR) is 113 cm³/mol. The highest BCUT2D eigenvalue weighted by atomic mass is 16.5. The van der Waals surface area contributed by atoms with Gasteiger partial charge in [-0.15, -0.1) is 0 Å². The Morgan fingerprint density at radius 2 is 1.79 bits per heavy atom. The van der Waals surface area contributed by atoms with Crippen molar-refractivity contribution in [3.8, 4) is 5.75 Å². The molecule has 5 heteroatoms. The van der Waals surface area contributed by atoms with Gasteiger partial charge in [0.15, 0.2) is 0 Å². The van der Waals surface area contributed by atoms with Gasteiger partial charge in [0.05, 0.1) is 13.2 Å². The summed E-state index contributed by atoms with van der Waals surface area (Å²) < 4.78 is 11.0. The smallest absolute Gasteiger partial charge is 0.249 e. The van der Waals surface area contributed by atoms with E-state index in [0.717, 1.165) is 31.9 Å². The zero-order valence-corrected chi connectivity index (χ0v) is 17.3. The van der Waals surface area contributed by atoms with Crippen LogP contribution in [0.3, 0.4) is 0 Å². The Morgan fingerprint density at radius 3 is 2.55 bits per heavy atom. The molecule has 2 fully saturated rings. The van der Waals surface area contributed by atoms with Crippen molar-refractivity contribution in [1.29, 1.82) is 0 Å². The molecular formula is C24H30N2O3. The van der Waals surface area contributed by atoms with Crippen molar-refractivity contribution >= 4 is 5.91 Å². The lowest BCUT2D eigenvalue weighted by molar-refractivity contribution is -0.137. The molecule has 0 saturated carbocycles. The largest absolute Gasteiger partial charge is 0.496 e. The number of amides is 1. The summed E-state index contributed by atoms with van der Waals surface area (Å²) in [5, 5.41) is 0. The van der Waals surface area contributed by atoms with Gasteiger partial charge in [-0.3, -0.25) is 9.69 Å².